The van der Waals surface area contributed by atoms with Gasteiger partial charge in [0, 0.05) is 97.7 Å². The fourth-order valence-electron chi connectivity index (χ4n) is 15.0. The summed E-state index contributed by atoms with van der Waals surface area (Å²) in [5.74, 6) is -5.72. The molecular weight excluding hydrogens is 1320 g/mol. The van der Waals surface area contributed by atoms with Crippen molar-refractivity contribution < 1.29 is 122 Å². The van der Waals surface area contributed by atoms with E-state index in [2.05, 4.69) is 20.6 Å². The minimum atomic E-state index is -1.75. The number of aromatic hydroxyl groups is 2. The van der Waals surface area contributed by atoms with Gasteiger partial charge >= 0.3 is 5.97 Å². The average molecular weight is 1410 g/mol. The molecular formula is C72H92N4O25. The molecule has 7 heterocycles. The lowest BCUT2D eigenvalue weighted by molar-refractivity contribution is -0.334. The molecule has 29 nitrogen and oxygen atoms in total. The third-order valence-electron chi connectivity index (χ3n) is 20.7. The van der Waals surface area contributed by atoms with Gasteiger partial charge in [0.15, 0.2) is 30.9 Å². The standard InChI is InChI=1S/C72H92N4O25/c1-30-48(97-53-24-49(61(80)32(3)93-53)98-52-23-47(77)60(79)31(2)92-52)22-37-18-36-19-42(67(90-8)70(87)75-45(20-38-28-73-43-16-12-10-14-40(38)43)69(86)76-46(71(88)91-9)21-39-29-74-44-17-13-11-15-41(39)44)66(65(84)58(36)64(83)57(37)59(30)78)101-55-26-50(62(81)34(5)95-55)99-54-25-51(63(82)33(4)94-54)100-56-27-72(7,89)68(85)35(6)96-56/h10-18,22,28-29,31-35,42,45-47,49-56,60-63,66-68,73-74,77-83,85,89H,19-21,23-27H2,1-9H3,(H,75,87)(H,76,86)/t31-,32-,33-,34-,35-,42-,45+,46+,47-,49-,50-,51-,52+,53+,54+,55+,56+,60-,61-,62-,63+,66+,67+,68-,72+/m1/s1. The maximum atomic E-state index is 15.8. The molecule has 5 aliphatic heterocycles. The molecule has 0 unspecified atom stereocenters. The number of aliphatic hydroxyl groups excluding tert-OH is 6. The second-order valence-corrected chi connectivity index (χ2v) is 27.9. The van der Waals surface area contributed by atoms with Gasteiger partial charge in [-0.3, -0.25) is 14.4 Å². The van der Waals surface area contributed by atoms with Crippen LogP contribution in [0, 0.1) is 12.8 Å². The number of hydrogen-bond acceptors (Lipinski definition) is 25. The molecule has 25 atom stereocenters. The van der Waals surface area contributed by atoms with Crippen molar-refractivity contribution in [2.45, 2.75) is 247 Å². The first-order valence-electron chi connectivity index (χ1n) is 34.3. The Kier molecular flexibility index (Phi) is 22.2. The van der Waals surface area contributed by atoms with Crippen LogP contribution in [-0.4, -0.2) is 241 Å². The number of H-pyrrole nitrogens is 2. The number of Topliss-reactive ketones (excluding diaryl/α,β-unsaturated/α-hetero) is 1. The summed E-state index contributed by atoms with van der Waals surface area (Å²) >= 11 is 0. The van der Waals surface area contributed by atoms with Gasteiger partial charge in [0.25, 0.3) is 0 Å². The molecule has 0 radical (unpaired) electrons. The summed E-state index contributed by atoms with van der Waals surface area (Å²) in [7, 11) is 2.43. The number of amides is 2. The minimum Gasteiger partial charge on any atom is -0.507 e. The van der Waals surface area contributed by atoms with E-state index in [0.29, 0.717) is 11.1 Å². The fourth-order valence-corrected chi connectivity index (χ4v) is 15.0. The number of aliphatic hydroxyl groups is 7. The Hall–Kier alpha value is -6.98. The monoisotopic (exact) mass is 1410 g/mol. The van der Waals surface area contributed by atoms with Crippen LogP contribution >= 0.6 is 0 Å². The summed E-state index contributed by atoms with van der Waals surface area (Å²) in [5.41, 5.74) is 1.28. The van der Waals surface area contributed by atoms with Gasteiger partial charge in [-0.1, -0.05) is 36.4 Å². The predicted octanol–water partition coefficient (Wildman–Crippen LogP) is 3.03. The van der Waals surface area contributed by atoms with Crippen molar-refractivity contribution in [2.24, 2.45) is 5.92 Å². The van der Waals surface area contributed by atoms with E-state index >= 15 is 14.4 Å². The topological polar surface area (TPSA) is 417 Å². The number of hydrogen-bond donors (Lipinski definition) is 13. The number of esters is 1. The Labute approximate surface area is 581 Å². The smallest absolute Gasteiger partial charge is 0.328 e. The summed E-state index contributed by atoms with van der Waals surface area (Å²) < 4.78 is 73.6. The molecule has 5 saturated heterocycles. The number of carbonyl (C=O) groups is 4. The van der Waals surface area contributed by atoms with Gasteiger partial charge in [-0.15, -0.1) is 0 Å². The van der Waals surface area contributed by atoms with E-state index in [1.165, 1.54) is 34.1 Å². The highest BCUT2D eigenvalue weighted by atomic mass is 16.7. The molecule has 2 aromatic heterocycles. The number of aromatic nitrogens is 2. The van der Waals surface area contributed by atoms with E-state index in [9.17, 15) is 50.8 Å². The number of benzene rings is 4. The second-order valence-electron chi connectivity index (χ2n) is 27.9. The van der Waals surface area contributed by atoms with Crippen LogP contribution in [-0.2, 0) is 85.8 Å². The number of carbonyl (C=O) groups excluding carboxylic acids is 4. The molecule has 6 aromatic rings. The van der Waals surface area contributed by atoms with Gasteiger partial charge in [0.2, 0.25) is 18.1 Å². The van der Waals surface area contributed by atoms with Crippen molar-refractivity contribution in [1.29, 1.82) is 0 Å². The number of para-hydroxylation sites is 2. The number of phenols is 2. The molecule has 4 aromatic carbocycles. The van der Waals surface area contributed by atoms with Crippen LogP contribution in [0.2, 0.25) is 0 Å². The van der Waals surface area contributed by atoms with E-state index in [1.54, 1.807) is 53.1 Å². The SMILES string of the molecule is COC(=O)[C@H](Cc1c[nH]c2ccccc12)NC(=O)[C@H](Cc1c[nH]c2ccccc12)NC(=O)[C@@H](OC)[C@@H]1Cc2cc3cc(O[C@H]4C[C@@H](O[C@H]5C[C@@H](O)[C@H](O)[C@@H](C)O5)[C@H](O)[C@@H](C)O4)c(C)c(O)c3c(O)c2C(=O)[C@H]1O[C@H]1C[C@@H](O[C@H]2C[C@@H](O[C@H]3C[C@](C)(O)[C@H](O)[C@@H](C)O3)[C@@H](O)[C@@H](C)O2)[C@H](O)[C@@H](C)O1. The van der Waals surface area contributed by atoms with Crippen LogP contribution in [0.1, 0.15) is 106 Å². The van der Waals surface area contributed by atoms with Crippen LogP contribution in [0.4, 0.5) is 0 Å². The van der Waals surface area contributed by atoms with E-state index in [1.807, 2.05) is 48.5 Å². The third-order valence-corrected chi connectivity index (χ3v) is 20.7. The van der Waals surface area contributed by atoms with Crippen LogP contribution in [0.5, 0.6) is 17.2 Å². The number of ketones is 1. The predicted molar refractivity (Wildman–Crippen MR) is 356 cm³/mol. The number of fused-ring (bicyclic) bond motifs is 4. The van der Waals surface area contributed by atoms with Crippen molar-refractivity contribution in [3.63, 3.8) is 0 Å². The van der Waals surface area contributed by atoms with Gasteiger partial charge in [0.05, 0.1) is 78.6 Å². The Bertz CT molecular complexity index is 3950. The molecule has 0 bridgehead atoms. The molecule has 1 aliphatic carbocycles. The van der Waals surface area contributed by atoms with Crippen LogP contribution in [0.3, 0.4) is 0 Å². The van der Waals surface area contributed by atoms with Crippen molar-refractivity contribution in [1.82, 2.24) is 20.6 Å². The van der Waals surface area contributed by atoms with E-state index in [4.69, 9.17) is 56.8 Å². The quantitative estimate of drug-likeness (QED) is 0.0461. The number of aromatic amines is 2. The minimum absolute atomic E-state index is 0.00342. The zero-order valence-corrected chi connectivity index (χ0v) is 57.5. The Morgan fingerprint density at radius 1 is 0.624 bits per heavy atom. The number of nitrogens with one attached hydrogen (secondary N) is 4. The van der Waals surface area contributed by atoms with Crippen molar-refractivity contribution in [3.05, 3.63) is 101 Å². The molecule has 6 aliphatic rings. The maximum absolute atomic E-state index is 15.8. The number of methoxy groups -OCH3 is 2. The summed E-state index contributed by atoms with van der Waals surface area (Å²) in [5, 5.41) is 109. The lowest BCUT2D eigenvalue weighted by atomic mass is 9.76. The van der Waals surface area contributed by atoms with E-state index in [-0.39, 0.29) is 84.6 Å². The normalized spacial score (nSPS) is 34.8. The number of phenolic OH excluding ortho intramolecular Hbond substituents is 2. The Morgan fingerprint density at radius 3 is 1.67 bits per heavy atom. The molecule has 2 amide bonds. The number of rotatable bonds is 21. The van der Waals surface area contributed by atoms with Crippen LogP contribution in [0.15, 0.2) is 73.1 Å². The first kappa shape index (κ1) is 73.8. The zero-order valence-electron chi connectivity index (χ0n) is 57.5. The molecule has 12 rings (SSSR count). The second kappa shape index (κ2) is 30.4. The first-order chi connectivity index (χ1) is 48.1. The average Bonchev–Trinajstić information content (AvgIpc) is 0.843. The lowest BCUT2D eigenvalue weighted by Crippen LogP contribution is -2.59. The van der Waals surface area contributed by atoms with Crippen molar-refractivity contribution in [3.8, 4) is 17.2 Å². The molecule has 29 heteroatoms. The lowest BCUT2D eigenvalue weighted by Gasteiger charge is -2.46. The highest BCUT2D eigenvalue weighted by molar-refractivity contribution is 6.11. The fraction of sp³-hybridized carbons (Fsp3) is 0.583. The molecule has 550 valence electrons. The van der Waals surface area contributed by atoms with Crippen LogP contribution in [0.25, 0.3) is 32.6 Å². The summed E-state index contributed by atoms with van der Waals surface area (Å²) in [6.07, 6.45) is -21.4. The van der Waals surface area contributed by atoms with Crippen LogP contribution < -0.4 is 15.4 Å². The molecule has 0 spiro atoms. The first-order valence-corrected chi connectivity index (χ1v) is 34.3. The molecule has 0 saturated carbocycles. The highest BCUT2D eigenvalue weighted by Gasteiger charge is 2.52. The van der Waals surface area contributed by atoms with Gasteiger partial charge in [-0.2, -0.15) is 0 Å². The largest absolute Gasteiger partial charge is 0.507 e. The highest BCUT2D eigenvalue weighted by Crippen LogP contribution is 2.48. The van der Waals surface area contributed by atoms with Crippen molar-refractivity contribution >= 4 is 56.1 Å². The zero-order chi connectivity index (χ0) is 72.2. The Balaban J connectivity index is 0.858. The van der Waals surface area contributed by atoms with Gasteiger partial charge in [-0.25, -0.2) is 4.79 Å². The molecule has 101 heavy (non-hydrogen) atoms. The third kappa shape index (κ3) is 15.4. The summed E-state index contributed by atoms with van der Waals surface area (Å²) in [6, 6.07) is 15.2. The molecule has 5 fully saturated rings. The number of ether oxygens (including phenoxy) is 12. The molecule has 13 N–H and O–H groups in total. The summed E-state index contributed by atoms with van der Waals surface area (Å²) in [4.78, 5) is 66.5. The van der Waals surface area contributed by atoms with Gasteiger partial charge < -0.3 is 123 Å². The maximum Gasteiger partial charge on any atom is 0.328 e. The van der Waals surface area contributed by atoms with Gasteiger partial charge in [-0.05, 0) is 101 Å². The summed E-state index contributed by atoms with van der Waals surface area (Å²) in [6.45, 7) is 10.9. The Morgan fingerprint density at radius 2 is 1.12 bits per heavy atom. The van der Waals surface area contributed by atoms with E-state index < -0.39 is 188 Å². The van der Waals surface area contributed by atoms with Crippen molar-refractivity contribution in [2.75, 3.05) is 14.2 Å². The van der Waals surface area contributed by atoms with Gasteiger partial charge in [0.1, 0.15) is 72.1 Å². The van der Waals surface area contributed by atoms with E-state index in [0.717, 1.165) is 21.8 Å².